The predicted octanol–water partition coefficient (Wildman–Crippen LogP) is 4.26. The number of nitrogens with one attached hydrogen (secondary N) is 2. The van der Waals surface area contributed by atoms with Gasteiger partial charge in [-0.3, -0.25) is 19.3 Å². The van der Waals surface area contributed by atoms with Crippen molar-refractivity contribution in [1.29, 1.82) is 0 Å². The van der Waals surface area contributed by atoms with Gasteiger partial charge in [0, 0.05) is 63.9 Å². The monoisotopic (exact) mass is 648 g/mol. The second-order valence-corrected chi connectivity index (χ2v) is 11.8. The molecule has 0 bridgehead atoms. The van der Waals surface area contributed by atoms with Crippen molar-refractivity contribution in [1.82, 2.24) is 19.8 Å². The number of hydrogen-bond acceptors (Lipinski definition) is 10. The van der Waals surface area contributed by atoms with Crippen molar-refractivity contribution in [3.05, 3.63) is 72.6 Å². The minimum absolute atomic E-state index is 0.145. The molecule has 0 radical (unpaired) electrons. The molecule has 1 atom stereocenters. The van der Waals surface area contributed by atoms with Gasteiger partial charge in [-0.15, -0.1) is 0 Å². The Labute approximate surface area is 271 Å². The Balaban J connectivity index is 1.23. The summed E-state index contributed by atoms with van der Waals surface area (Å²) < 4.78 is 33.8. The number of rotatable bonds is 9. The van der Waals surface area contributed by atoms with Crippen LogP contribution < -0.4 is 25.3 Å². The number of aromatic nitrogens is 2. The van der Waals surface area contributed by atoms with Crippen LogP contribution in [0, 0.1) is 11.6 Å². The summed E-state index contributed by atoms with van der Waals surface area (Å²) in [5, 5.41) is 7.72. The number of piperazine rings is 1. The molecule has 248 valence electrons. The molecule has 1 aromatic heterocycles. The van der Waals surface area contributed by atoms with E-state index in [1.165, 1.54) is 29.6 Å². The minimum atomic E-state index is -0.664. The van der Waals surface area contributed by atoms with E-state index >= 15 is 0 Å². The largest absolute Gasteiger partial charge is 0.494 e. The number of carbonyl (C=O) groups excluding carboxylic acids is 2. The van der Waals surface area contributed by atoms with Crippen molar-refractivity contribution in [2.75, 3.05) is 74.1 Å². The lowest BCUT2D eigenvalue weighted by Gasteiger charge is -2.42. The average molecular weight is 649 g/mol. The quantitative estimate of drug-likeness (QED) is 0.327. The highest BCUT2D eigenvalue weighted by Gasteiger charge is 2.32. The summed E-state index contributed by atoms with van der Waals surface area (Å²) in [6.45, 7) is 7.46. The van der Waals surface area contributed by atoms with Gasteiger partial charge in [-0.25, -0.2) is 23.8 Å². The third kappa shape index (κ3) is 7.13. The van der Waals surface area contributed by atoms with E-state index < -0.39 is 17.7 Å². The first-order valence-corrected chi connectivity index (χ1v) is 15.6. The number of likely N-dealkylation sites (N-methyl/N-ethyl adjacent to an activating group) is 1. The first kappa shape index (κ1) is 32.1. The number of halogens is 2. The van der Waals surface area contributed by atoms with Gasteiger partial charge in [-0.05, 0) is 42.7 Å². The number of ether oxygens (including phenoxy) is 1. The number of methoxy groups -OCH3 is 1. The predicted molar refractivity (Wildman–Crippen MR) is 174 cm³/mol. The molecule has 12 nitrogen and oxygen atoms in total. The van der Waals surface area contributed by atoms with Gasteiger partial charge in [-0.2, -0.15) is 0 Å². The molecule has 1 unspecified atom stereocenters. The Morgan fingerprint density at radius 3 is 2.49 bits per heavy atom. The maximum absolute atomic E-state index is 14.0. The average Bonchev–Trinajstić information content (AvgIpc) is 3.56. The topological polar surface area (TPSA) is 115 Å². The minimum Gasteiger partial charge on any atom is -0.494 e. The number of anilines is 5. The molecule has 3 fully saturated rings. The zero-order chi connectivity index (χ0) is 33.1. The first-order chi connectivity index (χ1) is 22.7. The van der Waals surface area contributed by atoms with E-state index in [1.807, 2.05) is 13.1 Å². The summed E-state index contributed by atoms with van der Waals surface area (Å²) in [4.78, 5) is 45.6. The SMILES string of the molecule is C=CC(=O)Nc1cc(Nc2cc(N3OCCC3c3cc(F)cc(F)c3)ncn2)c(OC)cc1N1CCC(N2CCN(C)C(=O)C2)CC1. The van der Waals surface area contributed by atoms with Gasteiger partial charge in [-0.1, -0.05) is 6.58 Å². The normalized spacial score (nSPS) is 19.2. The fraction of sp³-hybridized carbons (Fsp3) is 0.394. The molecular weight excluding hydrogens is 610 g/mol. The van der Waals surface area contributed by atoms with Crippen LogP contribution in [0.25, 0.3) is 0 Å². The molecule has 2 amide bonds. The van der Waals surface area contributed by atoms with Crippen LogP contribution in [-0.2, 0) is 14.4 Å². The fourth-order valence-corrected chi connectivity index (χ4v) is 6.38. The van der Waals surface area contributed by atoms with Crippen LogP contribution in [0.3, 0.4) is 0 Å². The van der Waals surface area contributed by atoms with E-state index in [4.69, 9.17) is 9.57 Å². The fourth-order valence-electron chi connectivity index (χ4n) is 6.38. The van der Waals surface area contributed by atoms with Crippen molar-refractivity contribution >= 4 is 40.5 Å². The molecule has 47 heavy (non-hydrogen) atoms. The molecule has 2 N–H and O–H groups in total. The van der Waals surface area contributed by atoms with Gasteiger partial charge in [0.1, 0.15) is 29.5 Å². The van der Waals surface area contributed by atoms with E-state index in [0.29, 0.717) is 59.9 Å². The Kier molecular flexibility index (Phi) is 9.50. The van der Waals surface area contributed by atoms with E-state index in [2.05, 4.69) is 37.0 Å². The summed E-state index contributed by atoms with van der Waals surface area (Å²) in [5.74, 6) is -0.214. The van der Waals surface area contributed by atoms with Crippen molar-refractivity contribution in [3.8, 4) is 5.75 Å². The van der Waals surface area contributed by atoms with Crippen LogP contribution in [0.5, 0.6) is 5.75 Å². The lowest BCUT2D eigenvalue weighted by molar-refractivity contribution is -0.135. The Morgan fingerprint density at radius 1 is 1.02 bits per heavy atom. The lowest BCUT2D eigenvalue weighted by atomic mass is 10.0. The highest BCUT2D eigenvalue weighted by Crippen LogP contribution is 2.40. The van der Waals surface area contributed by atoms with E-state index in [0.717, 1.165) is 50.8 Å². The van der Waals surface area contributed by atoms with Gasteiger partial charge in [0.05, 0.1) is 43.4 Å². The number of piperidine rings is 1. The molecule has 2 aromatic carbocycles. The highest BCUT2D eigenvalue weighted by atomic mass is 19.1. The third-order valence-corrected chi connectivity index (χ3v) is 8.88. The molecule has 3 saturated heterocycles. The number of hydroxylamine groups is 1. The van der Waals surface area contributed by atoms with Gasteiger partial charge in [0.15, 0.2) is 5.82 Å². The second-order valence-electron chi connectivity index (χ2n) is 11.8. The van der Waals surface area contributed by atoms with Crippen LogP contribution in [0.2, 0.25) is 0 Å². The number of carbonyl (C=O) groups is 2. The van der Waals surface area contributed by atoms with Crippen molar-refractivity contribution in [2.24, 2.45) is 0 Å². The zero-order valence-corrected chi connectivity index (χ0v) is 26.4. The molecule has 3 aliphatic heterocycles. The Morgan fingerprint density at radius 2 is 1.79 bits per heavy atom. The van der Waals surface area contributed by atoms with E-state index in [-0.39, 0.29) is 11.8 Å². The smallest absolute Gasteiger partial charge is 0.247 e. The van der Waals surface area contributed by atoms with Crippen LogP contribution >= 0.6 is 0 Å². The molecule has 14 heteroatoms. The molecule has 0 saturated carbocycles. The van der Waals surface area contributed by atoms with Crippen LogP contribution in [0.1, 0.15) is 30.9 Å². The molecule has 3 aliphatic rings. The van der Waals surface area contributed by atoms with Gasteiger partial charge in [0.2, 0.25) is 11.8 Å². The second kappa shape index (κ2) is 13.9. The van der Waals surface area contributed by atoms with Gasteiger partial charge >= 0.3 is 0 Å². The van der Waals surface area contributed by atoms with Crippen molar-refractivity contribution < 1.29 is 27.9 Å². The first-order valence-electron chi connectivity index (χ1n) is 15.6. The highest BCUT2D eigenvalue weighted by molar-refractivity contribution is 6.02. The number of amides is 2. The summed E-state index contributed by atoms with van der Waals surface area (Å²) >= 11 is 0. The molecule has 4 heterocycles. The maximum atomic E-state index is 14.0. The summed E-state index contributed by atoms with van der Waals surface area (Å²) in [6, 6.07) is 8.60. The summed E-state index contributed by atoms with van der Waals surface area (Å²) in [6.07, 6.45) is 4.84. The lowest BCUT2D eigenvalue weighted by Crippen LogP contribution is -2.54. The summed E-state index contributed by atoms with van der Waals surface area (Å²) in [5.41, 5.74) is 2.34. The zero-order valence-electron chi connectivity index (χ0n) is 26.4. The van der Waals surface area contributed by atoms with Crippen molar-refractivity contribution in [2.45, 2.75) is 31.3 Å². The molecule has 0 aliphatic carbocycles. The number of nitrogens with zero attached hydrogens (tertiary/aromatic N) is 6. The van der Waals surface area contributed by atoms with Gasteiger partial charge in [0.25, 0.3) is 0 Å². The van der Waals surface area contributed by atoms with Gasteiger partial charge < -0.3 is 25.2 Å². The maximum Gasteiger partial charge on any atom is 0.247 e. The molecule has 3 aromatic rings. The molecular formula is C33H38F2N8O4. The standard InChI is InChI=1S/C33H38F2N8O4/c1-4-32(44)39-25-16-26(29(46-3)17-28(25)41-8-5-24(6-9-41)42-11-10-40(2)33(45)19-42)38-30-18-31(37-20-36-30)43-27(7-12-47-43)21-13-22(34)15-23(35)14-21/h4,13-18,20,24,27H,1,5-12,19H2,2-3H3,(H,39,44)(H,36,37,38). The Hall–Kier alpha value is -4.82. The Bertz CT molecular complexity index is 1630. The third-order valence-electron chi connectivity index (χ3n) is 8.88. The van der Waals surface area contributed by atoms with Crippen molar-refractivity contribution in [3.63, 3.8) is 0 Å². The van der Waals surface area contributed by atoms with E-state index in [9.17, 15) is 18.4 Å². The van der Waals surface area contributed by atoms with Crippen LogP contribution in [-0.4, -0.2) is 91.1 Å². The molecule has 0 spiro atoms. The van der Waals surface area contributed by atoms with E-state index in [1.54, 1.807) is 24.1 Å². The molecule has 6 rings (SSSR count). The van der Waals surface area contributed by atoms with Crippen LogP contribution in [0.15, 0.2) is 55.4 Å². The number of hydrogen-bond donors (Lipinski definition) is 2. The van der Waals surface area contributed by atoms with Crippen LogP contribution in [0.4, 0.5) is 37.5 Å². The summed E-state index contributed by atoms with van der Waals surface area (Å²) in [7, 11) is 3.40. The number of benzene rings is 2.